The summed E-state index contributed by atoms with van der Waals surface area (Å²) in [5.74, 6) is -0.0710. The fourth-order valence-electron chi connectivity index (χ4n) is 3.17. The number of nitrogens with zero attached hydrogens (tertiary/aromatic N) is 2. The fourth-order valence-corrected chi connectivity index (χ4v) is 3.17. The molecule has 2 aromatic rings. The van der Waals surface area contributed by atoms with E-state index in [2.05, 4.69) is 6.92 Å². The minimum atomic E-state index is -1.15. The van der Waals surface area contributed by atoms with Gasteiger partial charge in [0.1, 0.15) is 0 Å². The van der Waals surface area contributed by atoms with E-state index in [0.29, 0.717) is 24.6 Å². The van der Waals surface area contributed by atoms with Crippen LogP contribution in [0.25, 0.3) is 0 Å². The van der Waals surface area contributed by atoms with Crippen molar-refractivity contribution in [3.8, 4) is 0 Å². The number of carbonyl (C=O) groups excluding carboxylic acids is 2. The quantitative estimate of drug-likeness (QED) is 0.636. The van der Waals surface area contributed by atoms with Gasteiger partial charge in [-0.2, -0.15) is 0 Å². The molecule has 1 aromatic heterocycles. The Morgan fingerprint density at radius 3 is 2.28 bits per heavy atom. The molecule has 1 aliphatic heterocycles. The second-order valence-corrected chi connectivity index (χ2v) is 6.59. The van der Waals surface area contributed by atoms with Crippen LogP contribution in [0.3, 0.4) is 0 Å². The van der Waals surface area contributed by atoms with Gasteiger partial charge in [0.2, 0.25) is 0 Å². The highest BCUT2D eigenvalue weighted by Gasteiger charge is 2.34. The van der Waals surface area contributed by atoms with E-state index in [1.807, 2.05) is 6.07 Å². The Kier molecular flexibility index (Phi) is 5.12. The third-order valence-corrected chi connectivity index (χ3v) is 4.77. The Morgan fingerprint density at radius 1 is 1.00 bits per heavy atom. The van der Waals surface area contributed by atoms with Gasteiger partial charge in [-0.15, -0.1) is 0 Å². The molecule has 2 heterocycles. The van der Waals surface area contributed by atoms with Crippen LogP contribution in [0.15, 0.2) is 59.5 Å². The first kappa shape index (κ1) is 17.1. The maximum Gasteiger partial charge on any atom is 0.253 e. The van der Waals surface area contributed by atoms with Crippen LogP contribution in [0.2, 0.25) is 0 Å². The van der Waals surface area contributed by atoms with E-state index in [1.165, 1.54) is 16.8 Å². The van der Waals surface area contributed by atoms with E-state index in [1.54, 1.807) is 41.3 Å². The van der Waals surface area contributed by atoms with Crippen LogP contribution in [0.5, 0.6) is 0 Å². The Balaban J connectivity index is 1.98. The van der Waals surface area contributed by atoms with Crippen molar-refractivity contribution in [3.05, 3.63) is 70.6 Å². The molecule has 3 rings (SSSR count). The molecule has 0 spiro atoms. The van der Waals surface area contributed by atoms with Crippen molar-refractivity contribution in [2.75, 3.05) is 13.1 Å². The third kappa shape index (κ3) is 3.71. The normalized spacial score (nSPS) is 16.4. The number of carbonyl (C=O) groups is 2. The maximum absolute atomic E-state index is 13.1. The molecule has 1 fully saturated rings. The van der Waals surface area contributed by atoms with Gasteiger partial charge in [-0.3, -0.25) is 19.0 Å². The molecule has 130 valence electrons. The van der Waals surface area contributed by atoms with Gasteiger partial charge in [-0.25, -0.2) is 0 Å². The molecule has 5 heteroatoms. The van der Waals surface area contributed by atoms with E-state index in [4.69, 9.17) is 0 Å². The smallest absolute Gasteiger partial charge is 0.253 e. The third-order valence-electron chi connectivity index (χ3n) is 4.77. The van der Waals surface area contributed by atoms with E-state index < -0.39 is 6.04 Å². The van der Waals surface area contributed by atoms with Crippen molar-refractivity contribution in [3.63, 3.8) is 0 Å². The van der Waals surface area contributed by atoms with Crippen molar-refractivity contribution in [1.82, 2.24) is 9.47 Å². The van der Waals surface area contributed by atoms with Crippen LogP contribution in [0, 0.1) is 5.92 Å². The first-order chi connectivity index (χ1) is 12.1. The summed E-state index contributed by atoms with van der Waals surface area (Å²) in [4.78, 5) is 40.1. The number of amides is 1. The van der Waals surface area contributed by atoms with Crippen LogP contribution >= 0.6 is 0 Å². The first-order valence-corrected chi connectivity index (χ1v) is 8.63. The molecule has 0 radical (unpaired) electrons. The summed E-state index contributed by atoms with van der Waals surface area (Å²) in [6.45, 7) is 3.41. The number of pyridine rings is 1. The van der Waals surface area contributed by atoms with Gasteiger partial charge in [0.25, 0.3) is 11.5 Å². The molecular formula is C20H22N2O3. The van der Waals surface area contributed by atoms with Gasteiger partial charge in [-0.1, -0.05) is 43.3 Å². The topological polar surface area (TPSA) is 59.4 Å². The lowest BCUT2D eigenvalue weighted by molar-refractivity contribution is -0.134. The number of hydrogen-bond donors (Lipinski definition) is 0. The van der Waals surface area contributed by atoms with E-state index in [9.17, 15) is 14.4 Å². The molecule has 0 saturated carbocycles. The van der Waals surface area contributed by atoms with Crippen molar-refractivity contribution >= 4 is 11.7 Å². The monoisotopic (exact) mass is 338 g/mol. The maximum atomic E-state index is 13.1. The second kappa shape index (κ2) is 7.47. The molecule has 5 nitrogen and oxygen atoms in total. The summed E-state index contributed by atoms with van der Waals surface area (Å²) < 4.78 is 1.25. The summed E-state index contributed by atoms with van der Waals surface area (Å²) in [5.41, 5.74) is 0.0810. The number of likely N-dealkylation sites (tertiary alicyclic amines) is 1. The highest BCUT2D eigenvalue weighted by Crippen LogP contribution is 2.21. The highest BCUT2D eigenvalue weighted by atomic mass is 16.2. The number of benzene rings is 1. The zero-order valence-electron chi connectivity index (χ0n) is 14.3. The Morgan fingerprint density at radius 2 is 1.64 bits per heavy atom. The lowest BCUT2D eigenvalue weighted by atomic mass is 9.97. The zero-order valence-corrected chi connectivity index (χ0v) is 14.3. The molecule has 0 aliphatic carbocycles. The summed E-state index contributed by atoms with van der Waals surface area (Å²) in [5, 5.41) is 0. The van der Waals surface area contributed by atoms with Crippen molar-refractivity contribution in [2.24, 2.45) is 5.92 Å². The summed E-state index contributed by atoms with van der Waals surface area (Å²) >= 11 is 0. The predicted molar refractivity (Wildman–Crippen MR) is 95.5 cm³/mol. The van der Waals surface area contributed by atoms with Gasteiger partial charge in [0, 0.05) is 30.9 Å². The number of ketones is 1. The van der Waals surface area contributed by atoms with Gasteiger partial charge in [0.05, 0.1) is 0 Å². The molecule has 25 heavy (non-hydrogen) atoms. The van der Waals surface area contributed by atoms with Crippen LogP contribution < -0.4 is 5.56 Å². The highest BCUT2D eigenvalue weighted by molar-refractivity contribution is 6.11. The molecule has 1 saturated heterocycles. The minimum Gasteiger partial charge on any atom is -0.340 e. The first-order valence-electron chi connectivity index (χ1n) is 8.63. The van der Waals surface area contributed by atoms with Crippen LogP contribution in [0.4, 0.5) is 0 Å². The number of hydrogen-bond acceptors (Lipinski definition) is 3. The Hall–Kier alpha value is -2.69. The number of piperidine rings is 1. The van der Waals surface area contributed by atoms with E-state index in [-0.39, 0.29) is 17.2 Å². The largest absolute Gasteiger partial charge is 0.340 e. The van der Waals surface area contributed by atoms with Crippen molar-refractivity contribution in [1.29, 1.82) is 0 Å². The SMILES string of the molecule is CC1CCN(C(=O)[C@@H](C(=O)c2ccccc2)n2ccccc2=O)CC1. The average molecular weight is 338 g/mol. The van der Waals surface area contributed by atoms with Crippen LogP contribution in [-0.4, -0.2) is 34.2 Å². The Labute approximate surface area is 146 Å². The molecule has 0 unspecified atom stereocenters. The second-order valence-electron chi connectivity index (χ2n) is 6.59. The zero-order chi connectivity index (χ0) is 17.8. The lowest BCUT2D eigenvalue weighted by Gasteiger charge is -2.33. The number of aromatic nitrogens is 1. The standard InChI is InChI=1S/C20H22N2O3/c1-15-10-13-21(14-11-15)20(25)18(22-12-6-5-9-17(22)23)19(24)16-7-3-2-4-8-16/h2-9,12,15,18H,10-11,13-14H2,1H3/t18-/m1/s1. The van der Waals surface area contributed by atoms with Crippen LogP contribution in [0.1, 0.15) is 36.2 Å². The van der Waals surface area contributed by atoms with Crippen molar-refractivity contribution < 1.29 is 9.59 Å². The molecule has 1 aromatic carbocycles. The van der Waals surface area contributed by atoms with Gasteiger partial charge >= 0.3 is 0 Å². The van der Waals surface area contributed by atoms with Crippen molar-refractivity contribution in [2.45, 2.75) is 25.8 Å². The van der Waals surface area contributed by atoms with Gasteiger partial charge in [-0.05, 0) is 24.8 Å². The van der Waals surface area contributed by atoms with Crippen LogP contribution in [-0.2, 0) is 4.79 Å². The fraction of sp³-hybridized carbons (Fsp3) is 0.350. The summed E-state index contributed by atoms with van der Waals surface area (Å²) in [7, 11) is 0. The molecule has 1 amide bonds. The van der Waals surface area contributed by atoms with Gasteiger partial charge < -0.3 is 4.90 Å². The van der Waals surface area contributed by atoms with E-state index in [0.717, 1.165) is 12.8 Å². The predicted octanol–water partition coefficient (Wildman–Crippen LogP) is 2.53. The molecule has 1 atom stereocenters. The molecule has 0 bridgehead atoms. The Bertz CT molecular complexity index is 805. The lowest BCUT2D eigenvalue weighted by Crippen LogP contribution is -2.46. The summed E-state index contributed by atoms with van der Waals surface area (Å²) in [6.07, 6.45) is 3.35. The molecule has 0 N–H and O–H groups in total. The van der Waals surface area contributed by atoms with E-state index >= 15 is 0 Å². The average Bonchev–Trinajstić information content (AvgIpc) is 2.64. The molecular weight excluding hydrogens is 316 g/mol. The summed E-state index contributed by atoms with van der Waals surface area (Å²) in [6, 6.07) is 12.2. The van der Waals surface area contributed by atoms with Gasteiger partial charge in [0.15, 0.2) is 11.8 Å². The minimum absolute atomic E-state index is 0.297. The molecule has 1 aliphatic rings. The number of rotatable bonds is 4. The number of Topliss-reactive ketones (excluding diaryl/α,β-unsaturated/α-hetero) is 1.